The number of hydrogen-bond donors (Lipinski definition) is 2. The summed E-state index contributed by atoms with van der Waals surface area (Å²) in [6.07, 6.45) is 3.91. The second-order valence-corrected chi connectivity index (χ2v) is 9.78. The fourth-order valence-electron chi connectivity index (χ4n) is 3.61. The zero-order valence-corrected chi connectivity index (χ0v) is 19.9. The average molecular weight is 494 g/mol. The van der Waals surface area contributed by atoms with Gasteiger partial charge < -0.3 is 14.7 Å². The van der Waals surface area contributed by atoms with Gasteiger partial charge in [0.2, 0.25) is 0 Å². The number of phenols is 1. The molecule has 0 aliphatic carbocycles. The first-order valence-electron chi connectivity index (χ1n) is 10.9. The SMILES string of the molecule is CN(C)C(=O)c1c(F)cccc1OCCCCCCc1ccc(O)c(N2CC(=O)NS2(=O)=O)c1. The highest BCUT2D eigenvalue weighted by molar-refractivity contribution is 7.92. The van der Waals surface area contributed by atoms with E-state index in [2.05, 4.69) is 0 Å². The fraction of sp³-hybridized carbons (Fsp3) is 0.391. The number of carbonyl (C=O) groups excluding carboxylic acids is 2. The second-order valence-electron chi connectivity index (χ2n) is 8.19. The van der Waals surface area contributed by atoms with Gasteiger partial charge in [0.1, 0.15) is 29.4 Å². The molecular formula is C23H28FN3O6S. The van der Waals surface area contributed by atoms with Crippen molar-refractivity contribution >= 4 is 27.7 Å². The van der Waals surface area contributed by atoms with Crippen LogP contribution in [0.2, 0.25) is 0 Å². The molecular weight excluding hydrogens is 465 g/mol. The zero-order valence-electron chi connectivity index (χ0n) is 19.1. The molecule has 0 saturated carbocycles. The van der Waals surface area contributed by atoms with Crippen molar-refractivity contribution in [1.82, 2.24) is 9.62 Å². The number of nitrogens with one attached hydrogen (secondary N) is 1. The molecule has 11 heteroatoms. The van der Waals surface area contributed by atoms with E-state index in [9.17, 15) is 27.5 Å². The Morgan fingerprint density at radius 2 is 1.91 bits per heavy atom. The van der Waals surface area contributed by atoms with Gasteiger partial charge in [0.05, 0.1) is 12.3 Å². The maximum atomic E-state index is 14.1. The average Bonchev–Trinajstić information content (AvgIpc) is 3.05. The summed E-state index contributed by atoms with van der Waals surface area (Å²) in [5, 5.41) is 10.1. The molecule has 2 aromatic carbocycles. The van der Waals surface area contributed by atoms with Crippen LogP contribution in [0.15, 0.2) is 36.4 Å². The maximum Gasteiger partial charge on any atom is 0.326 e. The van der Waals surface area contributed by atoms with Gasteiger partial charge in [-0.05, 0) is 49.1 Å². The van der Waals surface area contributed by atoms with Gasteiger partial charge >= 0.3 is 10.2 Å². The molecule has 34 heavy (non-hydrogen) atoms. The van der Waals surface area contributed by atoms with Crippen LogP contribution in [0, 0.1) is 5.82 Å². The summed E-state index contributed by atoms with van der Waals surface area (Å²) in [6, 6.07) is 9.01. The molecule has 1 aliphatic rings. The largest absolute Gasteiger partial charge is 0.506 e. The summed E-state index contributed by atoms with van der Waals surface area (Å²) in [7, 11) is -0.887. The van der Waals surface area contributed by atoms with Crippen molar-refractivity contribution in [3.63, 3.8) is 0 Å². The third-order valence-corrected chi connectivity index (χ3v) is 6.73. The molecule has 0 atom stereocenters. The monoisotopic (exact) mass is 493 g/mol. The van der Waals surface area contributed by atoms with Crippen LogP contribution in [0.4, 0.5) is 10.1 Å². The normalized spacial score (nSPS) is 14.7. The van der Waals surface area contributed by atoms with E-state index in [0.29, 0.717) is 19.4 Å². The Morgan fingerprint density at radius 3 is 2.59 bits per heavy atom. The number of halogens is 1. The van der Waals surface area contributed by atoms with Gasteiger partial charge in [-0.25, -0.2) is 13.4 Å². The van der Waals surface area contributed by atoms with Gasteiger partial charge in [0.25, 0.3) is 11.8 Å². The second kappa shape index (κ2) is 10.7. The van der Waals surface area contributed by atoms with Gasteiger partial charge in [-0.1, -0.05) is 25.0 Å². The quantitative estimate of drug-likeness (QED) is 0.492. The number of carbonyl (C=O) groups is 2. The van der Waals surface area contributed by atoms with Crippen LogP contribution in [0.25, 0.3) is 0 Å². The number of hydrogen-bond acceptors (Lipinski definition) is 6. The Bertz CT molecular complexity index is 1170. The molecule has 1 aliphatic heterocycles. The van der Waals surface area contributed by atoms with Gasteiger partial charge in [0, 0.05) is 14.1 Å². The van der Waals surface area contributed by atoms with Crippen LogP contribution < -0.4 is 13.8 Å². The lowest BCUT2D eigenvalue weighted by Gasteiger charge is -2.17. The minimum Gasteiger partial charge on any atom is -0.506 e. The van der Waals surface area contributed by atoms with Crippen molar-refractivity contribution in [3.8, 4) is 11.5 Å². The number of ether oxygens (including phenoxy) is 1. The highest BCUT2D eigenvalue weighted by Gasteiger charge is 2.35. The van der Waals surface area contributed by atoms with Gasteiger partial charge in [-0.3, -0.25) is 9.59 Å². The van der Waals surface area contributed by atoms with Gasteiger partial charge in [-0.2, -0.15) is 8.42 Å². The lowest BCUT2D eigenvalue weighted by Crippen LogP contribution is -2.29. The number of anilines is 1. The van der Waals surface area contributed by atoms with Crippen molar-refractivity contribution in [2.24, 2.45) is 0 Å². The minimum atomic E-state index is -3.99. The molecule has 0 aromatic heterocycles. The molecule has 184 valence electrons. The minimum absolute atomic E-state index is 0.0717. The van der Waals surface area contributed by atoms with E-state index in [-0.39, 0.29) is 29.3 Å². The molecule has 0 bridgehead atoms. The molecule has 0 radical (unpaired) electrons. The maximum absolute atomic E-state index is 14.1. The molecule has 1 saturated heterocycles. The van der Waals surface area contributed by atoms with Crippen LogP contribution >= 0.6 is 0 Å². The van der Waals surface area contributed by atoms with Crippen molar-refractivity contribution < 1.29 is 32.2 Å². The molecule has 3 rings (SSSR count). The number of unbranched alkanes of at least 4 members (excludes halogenated alkanes) is 3. The predicted molar refractivity (Wildman–Crippen MR) is 125 cm³/mol. The predicted octanol–water partition coefficient (Wildman–Crippen LogP) is 2.60. The summed E-state index contributed by atoms with van der Waals surface area (Å²) >= 11 is 0. The van der Waals surface area contributed by atoms with E-state index >= 15 is 0 Å². The van der Waals surface area contributed by atoms with Crippen molar-refractivity contribution in [3.05, 3.63) is 53.3 Å². The molecule has 0 spiro atoms. The third kappa shape index (κ3) is 5.96. The Labute approximate surface area is 198 Å². The summed E-state index contributed by atoms with van der Waals surface area (Å²) in [4.78, 5) is 25.0. The number of benzene rings is 2. The number of aromatic hydroxyl groups is 1. The van der Waals surface area contributed by atoms with E-state index in [4.69, 9.17) is 4.74 Å². The first-order chi connectivity index (χ1) is 16.1. The Morgan fingerprint density at radius 1 is 1.18 bits per heavy atom. The molecule has 1 heterocycles. The van der Waals surface area contributed by atoms with Crippen molar-refractivity contribution in [2.45, 2.75) is 32.1 Å². The molecule has 2 amide bonds. The third-order valence-electron chi connectivity index (χ3n) is 5.34. The first kappa shape index (κ1) is 25.3. The van der Waals surface area contributed by atoms with E-state index in [0.717, 1.165) is 29.1 Å². The molecule has 2 N–H and O–H groups in total. The van der Waals surface area contributed by atoms with Crippen LogP contribution in [-0.2, 0) is 21.4 Å². The van der Waals surface area contributed by atoms with Crippen molar-refractivity contribution in [1.29, 1.82) is 0 Å². The fourth-order valence-corrected chi connectivity index (χ4v) is 4.76. The number of amides is 2. The summed E-state index contributed by atoms with van der Waals surface area (Å²) in [5.41, 5.74) is 0.833. The van der Waals surface area contributed by atoms with Crippen LogP contribution in [0.1, 0.15) is 41.6 Å². The Kier molecular flexibility index (Phi) is 7.98. The lowest BCUT2D eigenvalue weighted by atomic mass is 10.1. The first-order valence-corrected chi connectivity index (χ1v) is 12.3. The van der Waals surface area contributed by atoms with Crippen LogP contribution in [0.3, 0.4) is 0 Å². The smallest absolute Gasteiger partial charge is 0.326 e. The molecule has 2 aromatic rings. The summed E-state index contributed by atoms with van der Waals surface area (Å²) in [6.45, 7) is -0.0269. The summed E-state index contributed by atoms with van der Waals surface area (Å²) in [5.74, 6) is -1.72. The molecule has 0 unspecified atom stereocenters. The van der Waals surface area contributed by atoms with Crippen LogP contribution in [0.5, 0.6) is 11.5 Å². The van der Waals surface area contributed by atoms with Crippen molar-refractivity contribution in [2.75, 3.05) is 31.6 Å². The molecule has 1 fully saturated rings. The highest BCUT2D eigenvalue weighted by atomic mass is 32.2. The zero-order chi connectivity index (χ0) is 24.9. The number of aryl methyl sites for hydroxylation is 1. The van der Waals surface area contributed by atoms with E-state index in [1.165, 1.54) is 23.1 Å². The van der Waals surface area contributed by atoms with E-state index < -0.39 is 27.8 Å². The number of rotatable bonds is 10. The lowest BCUT2D eigenvalue weighted by molar-refractivity contribution is -0.117. The number of phenolic OH excluding ortho intramolecular Hbond substituents is 1. The topological polar surface area (TPSA) is 116 Å². The van der Waals surface area contributed by atoms with E-state index in [1.807, 2.05) is 4.72 Å². The van der Waals surface area contributed by atoms with Gasteiger partial charge in [-0.15, -0.1) is 0 Å². The highest BCUT2D eigenvalue weighted by Crippen LogP contribution is 2.32. The molecule has 9 nitrogen and oxygen atoms in total. The number of nitrogens with zero attached hydrogens (tertiary/aromatic N) is 2. The Balaban J connectivity index is 1.47. The summed E-state index contributed by atoms with van der Waals surface area (Å²) < 4.78 is 46.6. The van der Waals surface area contributed by atoms with Crippen LogP contribution in [-0.4, -0.2) is 57.5 Å². The Hall–Kier alpha value is -3.34. The van der Waals surface area contributed by atoms with Gasteiger partial charge in [0.15, 0.2) is 0 Å². The van der Waals surface area contributed by atoms with E-state index in [1.54, 1.807) is 32.3 Å². The standard InChI is InChI=1S/C23H28FN3O6S/c1-26(2)23(30)22-17(24)9-7-10-20(22)33-13-6-4-3-5-8-16-11-12-19(28)18(14-16)27-15-21(29)25-34(27,31)32/h7,9-12,14,28H,3-6,8,13,15H2,1-2H3,(H,25,29).